The van der Waals surface area contributed by atoms with Gasteiger partial charge in [-0.2, -0.15) is 0 Å². The summed E-state index contributed by atoms with van der Waals surface area (Å²) in [6.45, 7) is 5.38. The van der Waals surface area contributed by atoms with E-state index in [1.165, 1.54) is 31.4 Å². The molecular weight excluding hydrogens is 490 g/mol. The van der Waals surface area contributed by atoms with Crippen molar-refractivity contribution in [2.45, 2.75) is 20.3 Å². The number of non-ortho nitro benzene ring substituents is 1. The van der Waals surface area contributed by atoms with Gasteiger partial charge in [0.2, 0.25) is 0 Å². The van der Waals surface area contributed by atoms with Crippen molar-refractivity contribution in [2.75, 3.05) is 20.2 Å². The number of likely N-dealkylation sites (tertiary alicyclic amines) is 1. The number of hydrogen-bond donors (Lipinski definition) is 1. The van der Waals surface area contributed by atoms with Crippen LogP contribution >= 0.6 is 15.9 Å². The van der Waals surface area contributed by atoms with Crippen LogP contribution in [0.4, 0.5) is 5.69 Å². The molecule has 2 atom stereocenters. The molecule has 2 aromatic rings. The fourth-order valence-electron chi connectivity index (χ4n) is 4.07. The number of rotatable bonds is 6. The maximum Gasteiger partial charge on any atom is 0.271 e. The van der Waals surface area contributed by atoms with Crippen molar-refractivity contribution >= 4 is 37.9 Å². The lowest BCUT2D eigenvalue weighted by molar-refractivity contribution is -0.384. The first kappa shape index (κ1) is 24.4. The molecule has 1 saturated heterocycles. The van der Waals surface area contributed by atoms with Gasteiger partial charge in [0.25, 0.3) is 17.5 Å². The van der Waals surface area contributed by atoms with Crippen molar-refractivity contribution < 1.29 is 19.2 Å². The number of halogens is 1. The first-order valence-corrected chi connectivity index (χ1v) is 11.4. The summed E-state index contributed by atoms with van der Waals surface area (Å²) >= 11 is 3.52. The Kier molecular flexibility index (Phi) is 7.86. The molecule has 2 amide bonds. The van der Waals surface area contributed by atoms with Crippen LogP contribution in [0.5, 0.6) is 5.75 Å². The summed E-state index contributed by atoms with van der Waals surface area (Å²) in [5.74, 6) is 0.378. The minimum Gasteiger partial charge on any atom is -0.496 e. The lowest BCUT2D eigenvalue weighted by atomic mass is 9.91. The fraction of sp³-hybridized carbons (Fsp3) is 0.333. The molecule has 0 aromatic heterocycles. The molecule has 0 bridgehead atoms. The number of amides is 2. The SMILES string of the molecule is COc1ccccc1/C(Br)=C(\NC(=O)c1ccc([N+](=O)[O-])cc1)C(=O)N1CC(C)CC(C)C1. The number of nitrogens with zero attached hydrogens (tertiary/aromatic N) is 2. The van der Waals surface area contributed by atoms with Gasteiger partial charge in [0.05, 0.1) is 16.5 Å². The van der Waals surface area contributed by atoms with E-state index >= 15 is 0 Å². The van der Waals surface area contributed by atoms with E-state index in [1.807, 2.05) is 12.1 Å². The van der Waals surface area contributed by atoms with Gasteiger partial charge in [0.1, 0.15) is 11.4 Å². The van der Waals surface area contributed by atoms with E-state index in [2.05, 4.69) is 35.1 Å². The zero-order valence-electron chi connectivity index (χ0n) is 18.7. The Morgan fingerprint density at radius 2 is 1.70 bits per heavy atom. The summed E-state index contributed by atoms with van der Waals surface area (Å²) in [4.78, 5) is 38.7. The van der Waals surface area contributed by atoms with Crippen LogP contribution in [0, 0.1) is 22.0 Å². The molecular formula is C24H26BrN3O5. The lowest BCUT2D eigenvalue weighted by Gasteiger charge is -2.35. The van der Waals surface area contributed by atoms with E-state index in [9.17, 15) is 19.7 Å². The maximum atomic E-state index is 13.6. The summed E-state index contributed by atoms with van der Waals surface area (Å²) in [6.07, 6.45) is 1.03. The third kappa shape index (κ3) is 5.78. The smallest absolute Gasteiger partial charge is 0.271 e. The summed E-state index contributed by atoms with van der Waals surface area (Å²) in [5, 5.41) is 13.6. The number of nitro benzene ring substituents is 1. The van der Waals surface area contributed by atoms with Gasteiger partial charge in [-0.3, -0.25) is 19.7 Å². The van der Waals surface area contributed by atoms with Crippen molar-refractivity contribution in [3.05, 3.63) is 75.5 Å². The predicted molar refractivity (Wildman–Crippen MR) is 129 cm³/mol. The number of methoxy groups -OCH3 is 1. The number of benzene rings is 2. The second-order valence-corrected chi connectivity index (χ2v) is 9.10. The van der Waals surface area contributed by atoms with E-state index in [4.69, 9.17) is 4.74 Å². The lowest BCUT2D eigenvalue weighted by Crippen LogP contribution is -2.46. The summed E-state index contributed by atoms with van der Waals surface area (Å²) in [5.41, 5.74) is 0.783. The Labute approximate surface area is 200 Å². The van der Waals surface area contributed by atoms with Gasteiger partial charge < -0.3 is 15.0 Å². The average Bonchev–Trinajstić information content (AvgIpc) is 2.80. The van der Waals surface area contributed by atoms with Crippen molar-refractivity contribution in [3.8, 4) is 5.75 Å². The monoisotopic (exact) mass is 515 g/mol. The molecule has 8 nitrogen and oxygen atoms in total. The van der Waals surface area contributed by atoms with Crippen molar-refractivity contribution in [3.63, 3.8) is 0 Å². The topological polar surface area (TPSA) is 102 Å². The third-order valence-electron chi connectivity index (χ3n) is 5.51. The van der Waals surface area contributed by atoms with Gasteiger partial charge in [0, 0.05) is 36.3 Å². The van der Waals surface area contributed by atoms with E-state index in [1.54, 1.807) is 17.0 Å². The highest BCUT2D eigenvalue weighted by molar-refractivity contribution is 9.15. The molecule has 0 spiro atoms. The largest absolute Gasteiger partial charge is 0.496 e. The third-order valence-corrected chi connectivity index (χ3v) is 6.34. The van der Waals surface area contributed by atoms with E-state index in [0.29, 0.717) is 40.7 Å². The van der Waals surface area contributed by atoms with Crippen LogP contribution in [0.2, 0.25) is 0 Å². The molecule has 0 aliphatic carbocycles. The minimum atomic E-state index is -0.543. The normalized spacial score (nSPS) is 18.8. The molecule has 1 aliphatic rings. The zero-order chi connectivity index (χ0) is 24.1. The number of nitro groups is 1. The van der Waals surface area contributed by atoms with Gasteiger partial charge in [0.15, 0.2) is 0 Å². The number of carbonyl (C=O) groups is 2. The maximum absolute atomic E-state index is 13.6. The minimum absolute atomic E-state index is 0.0872. The van der Waals surface area contributed by atoms with Crippen LogP contribution < -0.4 is 10.1 Å². The molecule has 2 unspecified atom stereocenters. The Bertz CT molecular complexity index is 1070. The molecule has 1 heterocycles. The summed E-state index contributed by atoms with van der Waals surface area (Å²) in [6, 6.07) is 12.4. The van der Waals surface area contributed by atoms with Gasteiger partial charge in [-0.25, -0.2) is 0 Å². The number of hydrogen-bond acceptors (Lipinski definition) is 5. The standard InChI is InChI=1S/C24H26BrN3O5/c1-15-12-16(2)14-27(13-15)24(30)22(21(25)19-6-4-5-7-20(19)33-3)26-23(29)17-8-10-18(11-9-17)28(31)32/h4-11,15-16H,12-14H2,1-3H3,(H,26,29)/b22-21+. The van der Waals surface area contributed by atoms with Crippen LogP contribution in [-0.2, 0) is 4.79 Å². The van der Waals surface area contributed by atoms with Gasteiger partial charge in [-0.1, -0.05) is 32.0 Å². The quantitative estimate of drug-likeness (QED) is 0.344. The van der Waals surface area contributed by atoms with Crippen molar-refractivity contribution in [1.82, 2.24) is 10.2 Å². The Morgan fingerprint density at radius 3 is 2.27 bits per heavy atom. The summed E-state index contributed by atoms with van der Waals surface area (Å²) in [7, 11) is 1.53. The molecule has 3 rings (SSSR count). The van der Waals surface area contributed by atoms with Crippen LogP contribution in [-0.4, -0.2) is 41.8 Å². The van der Waals surface area contributed by atoms with Gasteiger partial charge in [-0.05, 0) is 52.4 Å². The average molecular weight is 516 g/mol. The van der Waals surface area contributed by atoms with Gasteiger partial charge in [-0.15, -0.1) is 0 Å². The molecule has 0 saturated carbocycles. The van der Waals surface area contributed by atoms with Crippen molar-refractivity contribution in [1.29, 1.82) is 0 Å². The Hall–Kier alpha value is -3.20. The number of ether oxygens (including phenoxy) is 1. The Morgan fingerprint density at radius 1 is 1.09 bits per heavy atom. The molecule has 174 valence electrons. The second kappa shape index (κ2) is 10.6. The van der Waals surface area contributed by atoms with Crippen LogP contribution in [0.25, 0.3) is 4.48 Å². The molecule has 1 N–H and O–H groups in total. The number of nitrogens with one attached hydrogen (secondary N) is 1. The highest BCUT2D eigenvalue weighted by atomic mass is 79.9. The predicted octanol–water partition coefficient (Wildman–Crippen LogP) is 4.60. The molecule has 2 aromatic carbocycles. The zero-order valence-corrected chi connectivity index (χ0v) is 20.3. The molecule has 9 heteroatoms. The number of para-hydroxylation sites is 1. The van der Waals surface area contributed by atoms with Crippen molar-refractivity contribution in [2.24, 2.45) is 11.8 Å². The molecule has 1 aliphatic heterocycles. The molecule has 33 heavy (non-hydrogen) atoms. The van der Waals surface area contributed by atoms with Crippen LogP contribution in [0.3, 0.4) is 0 Å². The first-order valence-electron chi connectivity index (χ1n) is 10.6. The fourth-order valence-corrected chi connectivity index (χ4v) is 4.67. The molecule has 0 radical (unpaired) electrons. The highest BCUT2D eigenvalue weighted by Crippen LogP contribution is 2.33. The van der Waals surface area contributed by atoms with Crippen LogP contribution in [0.1, 0.15) is 36.2 Å². The first-order chi connectivity index (χ1) is 15.7. The Balaban J connectivity index is 2.00. The van der Waals surface area contributed by atoms with Crippen LogP contribution in [0.15, 0.2) is 54.2 Å². The number of piperidine rings is 1. The summed E-state index contributed by atoms with van der Waals surface area (Å²) < 4.78 is 5.83. The van der Waals surface area contributed by atoms with Gasteiger partial charge >= 0.3 is 0 Å². The highest BCUT2D eigenvalue weighted by Gasteiger charge is 2.30. The number of carbonyl (C=O) groups excluding carboxylic acids is 2. The van der Waals surface area contributed by atoms with E-state index in [-0.39, 0.29) is 22.9 Å². The second-order valence-electron chi connectivity index (χ2n) is 8.30. The molecule has 1 fully saturated rings. The van der Waals surface area contributed by atoms with E-state index in [0.717, 1.165) is 6.42 Å². The van der Waals surface area contributed by atoms with E-state index < -0.39 is 10.8 Å².